The topological polar surface area (TPSA) is 60.5 Å². The van der Waals surface area contributed by atoms with E-state index in [1.54, 1.807) is 38.6 Å². The van der Waals surface area contributed by atoms with Crippen molar-refractivity contribution in [2.24, 2.45) is 0 Å². The van der Waals surface area contributed by atoms with Crippen LogP contribution in [-0.2, 0) is 0 Å². The molecule has 2 aromatic carbocycles. The highest BCUT2D eigenvalue weighted by Gasteiger charge is 2.08. The van der Waals surface area contributed by atoms with E-state index in [1.807, 2.05) is 42.5 Å². The Kier molecular flexibility index (Phi) is 4.95. The van der Waals surface area contributed by atoms with Gasteiger partial charge in [-0.15, -0.1) is 0 Å². The number of hydrogen-bond donors (Lipinski definition) is 1. The number of carbonyl (C=O) groups excluding carboxylic acids is 1. The summed E-state index contributed by atoms with van der Waals surface area (Å²) in [7, 11) is 3.21. The van der Waals surface area contributed by atoms with Crippen LogP contribution in [0.1, 0.15) is 10.4 Å². The number of benzene rings is 2. The summed E-state index contributed by atoms with van der Waals surface area (Å²) in [4.78, 5) is 16.7. The minimum absolute atomic E-state index is 0.220. The standard InChI is InChI=1S/C20H18N2O3/c1-24-17-9-6-14(7-10-17)19-11-8-15(13-21-19)20(23)22-16-4-3-5-18(12-16)25-2/h3-13H,1-2H3,(H,22,23). The van der Waals surface area contributed by atoms with E-state index in [1.165, 1.54) is 0 Å². The number of ether oxygens (including phenoxy) is 2. The fourth-order valence-corrected chi connectivity index (χ4v) is 2.36. The molecule has 1 amide bonds. The third-order valence-corrected chi connectivity index (χ3v) is 3.74. The monoisotopic (exact) mass is 334 g/mol. The van der Waals surface area contributed by atoms with E-state index in [4.69, 9.17) is 9.47 Å². The largest absolute Gasteiger partial charge is 0.497 e. The van der Waals surface area contributed by atoms with Gasteiger partial charge in [0, 0.05) is 23.5 Å². The first-order valence-corrected chi connectivity index (χ1v) is 7.75. The van der Waals surface area contributed by atoms with Crippen molar-refractivity contribution in [2.45, 2.75) is 0 Å². The van der Waals surface area contributed by atoms with Gasteiger partial charge in [-0.2, -0.15) is 0 Å². The maximum absolute atomic E-state index is 12.3. The van der Waals surface area contributed by atoms with E-state index >= 15 is 0 Å². The Morgan fingerprint density at radius 1 is 0.920 bits per heavy atom. The highest BCUT2D eigenvalue weighted by molar-refractivity contribution is 6.04. The van der Waals surface area contributed by atoms with Crippen molar-refractivity contribution in [3.05, 3.63) is 72.4 Å². The first kappa shape index (κ1) is 16.5. The van der Waals surface area contributed by atoms with Gasteiger partial charge >= 0.3 is 0 Å². The molecule has 5 heteroatoms. The molecule has 3 aromatic rings. The summed E-state index contributed by atoms with van der Waals surface area (Å²) in [5.74, 6) is 1.26. The molecule has 0 saturated heterocycles. The summed E-state index contributed by atoms with van der Waals surface area (Å²) in [5, 5.41) is 2.83. The minimum atomic E-state index is -0.220. The van der Waals surface area contributed by atoms with Crippen molar-refractivity contribution in [1.29, 1.82) is 0 Å². The van der Waals surface area contributed by atoms with Gasteiger partial charge in [0.05, 0.1) is 25.5 Å². The molecule has 1 heterocycles. The van der Waals surface area contributed by atoms with E-state index in [0.29, 0.717) is 17.0 Å². The molecule has 5 nitrogen and oxygen atoms in total. The summed E-state index contributed by atoms with van der Waals surface area (Å²) in [6.07, 6.45) is 1.56. The van der Waals surface area contributed by atoms with Gasteiger partial charge in [0.2, 0.25) is 0 Å². The van der Waals surface area contributed by atoms with Crippen molar-refractivity contribution in [1.82, 2.24) is 4.98 Å². The number of aromatic nitrogens is 1. The van der Waals surface area contributed by atoms with Gasteiger partial charge in [0.15, 0.2) is 0 Å². The lowest BCUT2D eigenvalue weighted by atomic mass is 10.1. The van der Waals surface area contributed by atoms with Gasteiger partial charge in [0.25, 0.3) is 5.91 Å². The summed E-state index contributed by atoms with van der Waals surface area (Å²) in [5.41, 5.74) is 2.91. The van der Waals surface area contributed by atoms with Crippen LogP contribution in [0, 0.1) is 0 Å². The predicted molar refractivity (Wildman–Crippen MR) is 97.2 cm³/mol. The fourth-order valence-electron chi connectivity index (χ4n) is 2.36. The Hall–Kier alpha value is -3.34. The van der Waals surface area contributed by atoms with E-state index < -0.39 is 0 Å². The lowest BCUT2D eigenvalue weighted by Crippen LogP contribution is -2.12. The number of nitrogens with zero attached hydrogens (tertiary/aromatic N) is 1. The molecule has 3 rings (SSSR count). The van der Waals surface area contributed by atoms with Gasteiger partial charge in [0.1, 0.15) is 11.5 Å². The Morgan fingerprint density at radius 3 is 2.32 bits per heavy atom. The summed E-state index contributed by atoms with van der Waals surface area (Å²) < 4.78 is 10.3. The normalized spacial score (nSPS) is 10.2. The molecule has 0 bridgehead atoms. The van der Waals surface area contributed by atoms with Crippen molar-refractivity contribution in [3.8, 4) is 22.8 Å². The number of nitrogens with one attached hydrogen (secondary N) is 1. The van der Waals surface area contributed by atoms with Crippen molar-refractivity contribution in [2.75, 3.05) is 19.5 Å². The Morgan fingerprint density at radius 2 is 1.68 bits per heavy atom. The van der Waals surface area contributed by atoms with Crippen LogP contribution in [0.25, 0.3) is 11.3 Å². The van der Waals surface area contributed by atoms with Gasteiger partial charge in [-0.25, -0.2) is 0 Å². The number of anilines is 1. The minimum Gasteiger partial charge on any atom is -0.497 e. The number of hydrogen-bond acceptors (Lipinski definition) is 4. The molecular formula is C20H18N2O3. The second-order valence-corrected chi connectivity index (χ2v) is 5.35. The average Bonchev–Trinajstić information content (AvgIpc) is 2.68. The Balaban J connectivity index is 1.73. The molecular weight excluding hydrogens is 316 g/mol. The molecule has 1 aromatic heterocycles. The smallest absolute Gasteiger partial charge is 0.257 e. The summed E-state index contributed by atoms with van der Waals surface area (Å²) >= 11 is 0. The zero-order valence-electron chi connectivity index (χ0n) is 14.0. The molecule has 0 unspecified atom stereocenters. The van der Waals surface area contributed by atoms with Crippen LogP contribution in [0.2, 0.25) is 0 Å². The number of amides is 1. The van der Waals surface area contributed by atoms with Gasteiger partial charge in [-0.1, -0.05) is 6.07 Å². The second-order valence-electron chi connectivity index (χ2n) is 5.35. The van der Waals surface area contributed by atoms with Crippen LogP contribution in [-0.4, -0.2) is 25.1 Å². The first-order chi connectivity index (χ1) is 12.2. The van der Waals surface area contributed by atoms with Crippen LogP contribution in [0.5, 0.6) is 11.5 Å². The van der Waals surface area contributed by atoms with Crippen LogP contribution in [0.3, 0.4) is 0 Å². The molecule has 0 saturated carbocycles. The lowest BCUT2D eigenvalue weighted by molar-refractivity contribution is 0.102. The lowest BCUT2D eigenvalue weighted by Gasteiger charge is -2.08. The van der Waals surface area contributed by atoms with Gasteiger partial charge < -0.3 is 14.8 Å². The number of methoxy groups -OCH3 is 2. The van der Waals surface area contributed by atoms with E-state index in [9.17, 15) is 4.79 Å². The summed E-state index contributed by atoms with van der Waals surface area (Å²) in [6, 6.07) is 18.4. The zero-order valence-corrected chi connectivity index (χ0v) is 14.0. The van der Waals surface area contributed by atoms with Crippen molar-refractivity contribution < 1.29 is 14.3 Å². The van der Waals surface area contributed by atoms with Crippen LogP contribution >= 0.6 is 0 Å². The molecule has 0 spiro atoms. The molecule has 126 valence electrons. The number of pyridine rings is 1. The summed E-state index contributed by atoms with van der Waals surface area (Å²) in [6.45, 7) is 0. The molecule has 1 N–H and O–H groups in total. The molecule has 0 aliphatic carbocycles. The van der Waals surface area contributed by atoms with Crippen LogP contribution < -0.4 is 14.8 Å². The average molecular weight is 334 g/mol. The SMILES string of the molecule is COc1ccc(-c2ccc(C(=O)Nc3cccc(OC)c3)cn2)cc1. The molecule has 0 fully saturated rings. The first-order valence-electron chi connectivity index (χ1n) is 7.75. The highest BCUT2D eigenvalue weighted by atomic mass is 16.5. The molecule has 0 aliphatic rings. The third-order valence-electron chi connectivity index (χ3n) is 3.74. The van der Waals surface area contributed by atoms with E-state index in [2.05, 4.69) is 10.3 Å². The van der Waals surface area contributed by atoms with E-state index in [0.717, 1.165) is 17.0 Å². The molecule has 0 aliphatic heterocycles. The Bertz CT molecular complexity index is 859. The van der Waals surface area contributed by atoms with Gasteiger partial charge in [-0.3, -0.25) is 9.78 Å². The van der Waals surface area contributed by atoms with Crippen molar-refractivity contribution >= 4 is 11.6 Å². The van der Waals surface area contributed by atoms with Crippen molar-refractivity contribution in [3.63, 3.8) is 0 Å². The molecule has 0 radical (unpaired) electrons. The fraction of sp³-hybridized carbons (Fsp3) is 0.100. The maximum Gasteiger partial charge on any atom is 0.257 e. The predicted octanol–water partition coefficient (Wildman–Crippen LogP) is 4.02. The maximum atomic E-state index is 12.3. The van der Waals surface area contributed by atoms with Crippen LogP contribution in [0.15, 0.2) is 66.9 Å². The third kappa shape index (κ3) is 3.95. The molecule has 0 atom stereocenters. The van der Waals surface area contributed by atoms with Crippen LogP contribution in [0.4, 0.5) is 5.69 Å². The van der Waals surface area contributed by atoms with E-state index in [-0.39, 0.29) is 5.91 Å². The Labute approximate surface area is 146 Å². The second kappa shape index (κ2) is 7.49. The number of rotatable bonds is 5. The highest BCUT2D eigenvalue weighted by Crippen LogP contribution is 2.21. The number of carbonyl (C=O) groups is 1. The zero-order chi connectivity index (χ0) is 17.6. The van der Waals surface area contributed by atoms with Gasteiger partial charge in [-0.05, 0) is 48.5 Å². The quantitative estimate of drug-likeness (QED) is 0.765. The molecule has 25 heavy (non-hydrogen) atoms.